The van der Waals surface area contributed by atoms with E-state index in [1.807, 2.05) is 23.6 Å². The second-order valence-electron chi connectivity index (χ2n) is 5.46. The molecule has 1 amide bonds. The highest BCUT2D eigenvalue weighted by atomic mass is 16.1. The topological polar surface area (TPSA) is 74.9 Å². The molecule has 3 rings (SSSR count). The molecule has 0 spiro atoms. The number of amides is 1. The van der Waals surface area contributed by atoms with Crippen molar-refractivity contribution in [1.29, 1.82) is 5.26 Å². The van der Waals surface area contributed by atoms with Gasteiger partial charge in [0, 0.05) is 41.9 Å². The molecule has 0 radical (unpaired) electrons. The molecule has 1 fully saturated rings. The van der Waals surface area contributed by atoms with Crippen molar-refractivity contribution in [1.82, 2.24) is 9.88 Å². The van der Waals surface area contributed by atoms with Crippen LogP contribution in [0.1, 0.15) is 28.0 Å². The highest BCUT2D eigenvalue weighted by Crippen LogP contribution is 2.27. The first-order valence-corrected chi connectivity index (χ1v) is 6.89. The summed E-state index contributed by atoms with van der Waals surface area (Å²) in [4.78, 5) is 22.3. The van der Waals surface area contributed by atoms with Crippen LogP contribution in [0.5, 0.6) is 0 Å². The Kier molecular flexibility index (Phi) is 3.22. The molecule has 5 heteroatoms. The van der Waals surface area contributed by atoms with Gasteiger partial charge >= 0.3 is 0 Å². The second kappa shape index (κ2) is 5.06. The van der Waals surface area contributed by atoms with Gasteiger partial charge in [0.1, 0.15) is 18.0 Å². The second-order valence-corrected chi connectivity index (χ2v) is 5.46. The third-order valence-electron chi connectivity index (χ3n) is 4.14. The van der Waals surface area contributed by atoms with E-state index in [0.29, 0.717) is 30.8 Å². The van der Waals surface area contributed by atoms with Crippen molar-refractivity contribution in [2.45, 2.75) is 19.9 Å². The summed E-state index contributed by atoms with van der Waals surface area (Å²) >= 11 is 0. The van der Waals surface area contributed by atoms with Crippen LogP contribution in [0.2, 0.25) is 0 Å². The van der Waals surface area contributed by atoms with E-state index in [-0.39, 0.29) is 11.8 Å². The molecule has 1 aromatic carbocycles. The number of nitrogens with zero attached hydrogens (tertiary/aromatic N) is 2. The average molecular weight is 281 g/mol. The molecule has 1 saturated heterocycles. The molecule has 1 aliphatic heterocycles. The zero-order valence-electron chi connectivity index (χ0n) is 11.7. The van der Waals surface area contributed by atoms with Crippen molar-refractivity contribution >= 4 is 23.1 Å². The maximum Gasteiger partial charge on any atom is 0.220 e. The van der Waals surface area contributed by atoms with E-state index in [0.717, 1.165) is 22.8 Å². The van der Waals surface area contributed by atoms with Gasteiger partial charge < -0.3 is 9.88 Å². The summed E-state index contributed by atoms with van der Waals surface area (Å²) in [6.07, 6.45) is 1.33. The van der Waals surface area contributed by atoms with Crippen LogP contribution in [-0.2, 0) is 11.3 Å². The summed E-state index contributed by atoms with van der Waals surface area (Å²) in [5.41, 5.74) is 3.03. The van der Waals surface area contributed by atoms with Gasteiger partial charge in [-0.3, -0.25) is 9.59 Å². The van der Waals surface area contributed by atoms with E-state index < -0.39 is 0 Å². The summed E-state index contributed by atoms with van der Waals surface area (Å²) < 4.78 is 1.95. The Morgan fingerprint density at radius 2 is 2.33 bits per heavy atom. The predicted octanol–water partition coefficient (Wildman–Crippen LogP) is 1.77. The maximum absolute atomic E-state index is 11.3. The van der Waals surface area contributed by atoms with Crippen LogP contribution in [0.3, 0.4) is 0 Å². The number of nitriles is 1. The smallest absolute Gasteiger partial charge is 0.220 e. The number of hydrogen-bond donors (Lipinski definition) is 1. The number of fused-ring (bicyclic) bond motifs is 1. The highest BCUT2D eigenvalue weighted by Gasteiger charge is 2.23. The van der Waals surface area contributed by atoms with Crippen molar-refractivity contribution in [3.63, 3.8) is 0 Å². The molecule has 106 valence electrons. The van der Waals surface area contributed by atoms with E-state index in [1.165, 1.54) is 0 Å². The minimum atomic E-state index is 0.0643. The molecule has 1 N–H and O–H groups in total. The van der Waals surface area contributed by atoms with Crippen molar-refractivity contribution in [2.24, 2.45) is 5.92 Å². The lowest BCUT2D eigenvalue weighted by Crippen LogP contribution is -2.16. The van der Waals surface area contributed by atoms with Gasteiger partial charge in [0.05, 0.1) is 0 Å². The summed E-state index contributed by atoms with van der Waals surface area (Å²) in [5, 5.41) is 13.1. The number of aryl methyl sites for hydroxylation is 1. The minimum Gasteiger partial charge on any atom is -0.356 e. The Labute approximate surface area is 122 Å². The molecule has 0 bridgehead atoms. The SMILES string of the molecule is Cc1c(C=O)ccc2c1cc(C#N)n2CC1CNC(=O)C1. The molecule has 1 aliphatic rings. The van der Waals surface area contributed by atoms with Crippen LogP contribution >= 0.6 is 0 Å². The van der Waals surface area contributed by atoms with Gasteiger partial charge in [-0.1, -0.05) is 0 Å². The quantitative estimate of drug-likeness (QED) is 0.871. The molecular weight excluding hydrogens is 266 g/mol. The van der Waals surface area contributed by atoms with Crippen LogP contribution < -0.4 is 5.32 Å². The number of carbonyl (C=O) groups excluding carboxylic acids is 2. The van der Waals surface area contributed by atoms with Crippen molar-refractivity contribution in [3.05, 3.63) is 35.0 Å². The van der Waals surface area contributed by atoms with Crippen LogP contribution in [0.15, 0.2) is 18.2 Å². The van der Waals surface area contributed by atoms with Gasteiger partial charge in [0.25, 0.3) is 0 Å². The van der Waals surface area contributed by atoms with Gasteiger partial charge in [0.15, 0.2) is 0 Å². The van der Waals surface area contributed by atoms with E-state index in [1.54, 1.807) is 6.07 Å². The standard InChI is InChI=1S/C16H15N3O2/c1-10-12(9-20)2-3-15-14(10)5-13(6-17)19(15)8-11-4-16(21)18-7-11/h2-3,5,9,11H,4,7-8H2,1H3,(H,18,21). The molecule has 2 aromatic rings. The maximum atomic E-state index is 11.3. The summed E-state index contributed by atoms with van der Waals surface area (Å²) in [6, 6.07) is 7.68. The summed E-state index contributed by atoms with van der Waals surface area (Å²) in [6.45, 7) is 3.16. The van der Waals surface area contributed by atoms with E-state index in [9.17, 15) is 14.9 Å². The summed E-state index contributed by atoms with van der Waals surface area (Å²) in [7, 11) is 0. The van der Waals surface area contributed by atoms with Crippen molar-refractivity contribution in [3.8, 4) is 6.07 Å². The number of nitrogens with one attached hydrogen (secondary N) is 1. The van der Waals surface area contributed by atoms with Crippen LogP contribution in [0, 0.1) is 24.2 Å². The van der Waals surface area contributed by atoms with Gasteiger partial charge in [-0.25, -0.2) is 0 Å². The first-order valence-electron chi connectivity index (χ1n) is 6.89. The van der Waals surface area contributed by atoms with Gasteiger partial charge in [-0.2, -0.15) is 5.26 Å². The largest absolute Gasteiger partial charge is 0.356 e. The molecule has 2 heterocycles. The molecule has 1 aromatic heterocycles. The Hall–Kier alpha value is -2.61. The normalized spacial score (nSPS) is 17.7. The van der Waals surface area contributed by atoms with Crippen molar-refractivity contribution in [2.75, 3.05) is 6.54 Å². The number of aldehydes is 1. The zero-order valence-corrected chi connectivity index (χ0v) is 11.7. The Morgan fingerprint density at radius 3 is 2.95 bits per heavy atom. The molecule has 5 nitrogen and oxygen atoms in total. The molecule has 0 saturated carbocycles. The van der Waals surface area contributed by atoms with E-state index in [4.69, 9.17) is 0 Å². The van der Waals surface area contributed by atoms with Crippen LogP contribution in [0.25, 0.3) is 10.9 Å². The van der Waals surface area contributed by atoms with E-state index >= 15 is 0 Å². The molecule has 21 heavy (non-hydrogen) atoms. The number of benzene rings is 1. The van der Waals surface area contributed by atoms with Gasteiger partial charge in [-0.15, -0.1) is 0 Å². The Balaban J connectivity index is 2.09. The number of carbonyl (C=O) groups is 2. The first kappa shape index (κ1) is 13.4. The number of hydrogen-bond acceptors (Lipinski definition) is 3. The number of aromatic nitrogens is 1. The fraction of sp³-hybridized carbons (Fsp3) is 0.312. The Bertz CT molecular complexity index is 783. The van der Waals surface area contributed by atoms with Gasteiger partial charge in [-0.05, 0) is 30.7 Å². The first-order chi connectivity index (χ1) is 10.1. The fourth-order valence-corrected chi connectivity index (χ4v) is 2.96. The lowest BCUT2D eigenvalue weighted by Gasteiger charge is -2.12. The third kappa shape index (κ3) is 2.19. The monoisotopic (exact) mass is 281 g/mol. The lowest BCUT2D eigenvalue weighted by atomic mass is 10.1. The number of rotatable bonds is 3. The minimum absolute atomic E-state index is 0.0643. The Morgan fingerprint density at radius 1 is 1.52 bits per heavy atom. The van der Waals surface area contributed by atoms with Crippen molar-refractivity contribution < 1.29 is 9.59 Å². The van der Waals surface area contributed by atoms with Gasteiger partial charge in [0.2, 0.25) is 5.91 Å². The molecule has 1 unspecified atom stereocenters. The third-order valence-corrected chi connectivity index (χ3v) is 4.14. The fourth-order valence-electron chi connectivity index (χ4n) is 2.96. The molecule has 0 aliphatic carbocycles. The average Bonchev–Trinajstić information content (AvgIpc) is 3.04. The van der Waals surface area contributed by atoms with Crippen LogP contribution in [0.4, 0.5) is 0 Å². The van der Waals surface area contributed by atoms with Crippen LogP contribution in [-0.4, -0.2) is 23.3 Å². The summed E-state index contributed by atoms with van der Waals surface area (Å²) in [5.74, 6) is 0.264. The zero-order chi connectivity index (χ0) is 15.0. The lowest BCUT2D eigenvalue weighted by molar-refractivity contribution is -0.119. The highest BCUT2D eigenvalue weighted by molar-refractivity contribution is 5.92. The van der Waals surface area contributed by atoms with E-state index in [2.05, 4.69) is 11.4 Å². The predicted molar refractivity (Wildman–Crippen MR) is 77.9 cm³/mol. The molecular formula is C16H15N3O2. The molecule has 1 atom stereocenters.